The van der Waals surface area contributed by atoms with Crippen molar-refractivity contribution in [1.82, 2.24) is 4.72 Å². The number of hydrogen-bond donors (Lipinski definition) is 1. The van der Waals surface area contributed by atoms with E-state index < -0.39 is 15.8 Å². The van der Waals surface area contributed by atoms with Crippen LogP contribution in [0.2, 0.25) is 5.02 Å². The minimum Gasteiger partial charge on any atom is -0.207 e. The fraction of sp³-hybridized carbons (Fsp3) is 0.0769. The molecule has 0 atom stereocenters. The molecule has 0 aromatic heterocycles. The van der Waals surface area contributed by atoms with Crippen molar-refractivity contribution in [3.8, 4) is 0 Å². The number of sulfonamides is 1. The van der Waals surface area contributed by atoms with E-state index in [1.54, 1.807) is 6.07 Å². The molecule has 19 heavy (non-hydrogen) atoms. The summed E-state index contributed by atoms with van der Waals surface area (Å²) < 4.78 is 39.3. The zero-order chi connectivity index (χ0) is 13.9. The van der Waals surface area contributed by atoms with Crippen LogP contribution in [0.4, 0.5) is 4.39 Å². The maximum Gasteiger partial charge on any atom is 0.240 e. The van der Waals surface area contributed by atoms with Gasteiger partial charge in [-0.05, 0) is 42.0 Å². The summed E-state index contributed by atoms with van der Waals surface area (Å²) in [5.41, 5.74) is 0.553. The molecule has 2 rings (SSSR count). The van der Waals surface area contributed by atoms with Crippen molar-refractivity contribution in [3.05, 3.63) is 64.9 Å². The monoisotopic (exact) mass is 299 g/mol. The van der Waals surface area contributed by atoms with E-state index in [9.17, 15) is 12.8 Å². The van der Waals surface area contributed by atoms with Crippen molar-refractivity contribution >= 4 is 21.6 Å². The molecule has 0 radical (unpaired) electrons. The molecule has 0 fully saturated rings. The summed E-state index contributed by atoms with van der Waals surface area (Å²) in [4.78, 5) is 0.119. The molecule has 0 unspecified atom stereocenters. The zero-order valence-electron chi connectivity index (χ0n) is 9.81. The molecule has 0 spiro atoms. The zero-order valence-corrected chi connectivity index (χ0v) is 11.4. The number of rotatable bonds is 4. The van der Waals surface area contributed by atoms with Crippen LogP contribution in [0, 0.1) is 5.82 Å². The molecule has 3 nitrogen and oxygen atoms in total. The number of benzene rings is 2. The second kappa shape index (κ2) is 5.69. The Bertz CT molecular complexity index is 671. The van der Waals surface area contributed by atoms with Crippen LogP contribution >= 0.6 is 11.6 Å². The molecule has 0 aliphatic heterocycles. The van der Waals surface area contributed by atoms with Crippen molar-refractivity contribution in [2.24, 2.45) is 0 Å². The van der Waals surface area contributed by atoms with Crippen LogP contribution in [-0.4, -0.2) is 8.42 Å². The first-order valence-electron chi connectivity index (χ1n) is 5.47. The van der Waals surface area contributed by atoms with Gasteiger partial charge in [-0.2, -0.15) is 0 Å². The predicted molar refractivity (Wildman–Crippen MR) is 71.9 cm³/mol. The molecule has 1 N–H and O–H groups in total. The van der Waals surface area contributed by atoms with Gasteiger partial charge < -0.3 is 0 Å². The highest BCUT2D eigenvalue weighted by molar-refractivity contribution is 7.89. The molecule has 6 heteroatoms. The van der Waals surface area contributed by atoms with Gasteiger partial charge in [-0.25, -0.2) is 17.5 Å². The summed E-state index contributed by atoms with van der Waals surface area (Å²) in [5, 5.41) is 0.462. The summed E-state index contributed by atoms with van der Waals surface area (Å²) in [6.45, 7) is 0.0305. The lowest BCUT2D eigenvalue weighted by Crippen LogP contribution is -2.23. The predicted octanol–water partition coefficient (Wildman–Crippen LogP) is 2.96. The molecule has 0 amide bonds. The van der Waals surface area contributed by atoms with Crippen LogP contribution < -0.4 is 4.72 Å². The molecule has 2 aromatic carbocycles. The fourth-order valence-corrected chi connectivity index (χ4v) is 2.67. The van der Waals surface area contributed by atoms with Gasteiger partial charge in [0.15, 0.2) is 0 Å². The van der Waals surface area contributed by atoms with E-state index in [0.29, 0.717) is 10.6 Å². The Morgan fingerprint density at radius 1 is 1.11 bits per heavy atom. The van der Waals surface area contributed by atoms with Crippen LogP contribution in [0.3, 0.4) is 0 Å². The lowest BCUT2D eigenvalue weighted by Gasteiger charge is -2.07. The minimum atomic E-state index is -3.62. The number of halogens is 2. The van der Waals surface area contributed by atoms with Crippen LogP contribution in [-0.2, 0) is 16.6 Å². The molecule has 2 aromatic rings. The van der Waals surface area contributed by atoms with Gasteiger partial charge in [-0.1, -0.05) is 23.7 Å². The second-order valence-electron chi connectivity index (χ2n) is 3.91. The molecule has 0 aliphatic carbocycles. The minimum absolute atomic E-state index is 0.0305. The maximum absolute atomic E-state index is 13.0. The molecule has 0 aliphatic rings. The van der Waals surface area contributed by atoms with E-state index in [2.05, 4.69) is 4.72 Å². The lowest BCUT2D eigenvalue weighted by molar-refractivity contribution is 0.580. The van der Waals surface area contributed by atoms with Gasteiger partial charge in [-0.15, -0.1) is 0 Å². The van der Waals surface area contributed by atoms with Crippen molar-refractivity contribution in [1.29, 1.82) is 0 Å². The fourth-order valence-electron chi connectivity index (χ4n) is 1.52. The average Bonchev–Trinajstić information content (AvgIpc) is 2.37. The van der Waals surface area contributed by atoms with Crippen LogP contribution in [0.15, 0.2) is 53.4 Å². The Labute approximate surface area is 116 Å². The van der Waals surface area contributed by atoms with E-state index in [0.717, 1.165) is 0 Å². The number of hydrogen-bond acceptors (Lipinski definition) is 2. The molecule has 0 saturated heterocycles. The Balaban J connectivity index is 2.12. The highest BCUT2D eigenvalue weighted by Gasteiger charge is 2.13. The van der Waals surface area contributed by atoms with Gasteiger partial charge >= 0.3 is 0 Å². The van der Waals surface area contributed by atoms with E-state index in [-0.39, 0.29) is 11.4 Å². The van der Waals surface area contributed by atoms with Crippen LogP contribution in [0.25, 0.3) is 0 Å². The van der Waals surface area contributed by atoms with Crippen LogP contribution in [0.5, 0.6) is 0 Å². The summed E-state index contributed by atoms with van der Waals surface area (Å²) in [7, 11) is -3.62. The third-order valence-electron chi connectivity index (χ3n) is 2.48. The normalized spacial score (nSPS) is 11.5. The van der Waals surface area contributed by atoms with E-state index >= 15 is 0 Å². The van der Waals surface area contributed by atoms with Gasteiger partial charge in [-0.3, -0.25) is 0 Å². The van der Waals surface area contributed by atoms with Gasteiger partial charge in [0, 0.05) is 11.6 Å². The molecular weight excluding hydrogens is 289 g/mol. The quantitative estimate of drug-likeness (QED) is 0.943. The molecule has 100 valence electrons. The molecule has 0 heterocycles. The van der Waals surface area contributed by atoms with Crippen molar-refractivity contribution in [2.45, 2.75) is 11.4 Å². The summed E-state index contributed by atoms with van der Waals surface area (Å²) in [6, 6.07) is 11.6. The SMILES string of the molecule is O=S(=O)(NCc1cccc(F)c1)c1ccc(Cl)cc1. The third kappa shape index (κ3) is 3.76. The van der Waals surface area contributed by atoms with E-state index in [1.807, 2.05) is 0 Å². The summed E-state index contributed by atoms with van der Waals surface area (Å²) in [6.07, 6.45) is 0. The molecule has 0 bridgehead atoms. The van der Waals surface area contributed by atoms with Gasteiger partial charge in [0.1, 0.15) is 5.82 Å². The molecule has 0 saturated carbocycles. The van der Waals surface area contributed by atoms with E-state index in [1.165, 1.54) is 42.5 Å². The first kappa shape index (κ1) is 14.0. The van der Waals surface area contributed by atoms with Crippen molar-refractivity contribution in [3.63, 3.8) is 0 Å². The standard InChI is InChI=1S/C13H11ClFNO2S/c14-11-4-6-13(7-5-11)19(17,18)16-9-10-2-1-3-12(15)8-10/h1-8,16H,9H2. The van der Waals surface area contributed by atoms with Crippen LogP contribution in [0.1, 0.15) is 5.56 Å². The Morgan fingerprint density at radius 3 is 2.42 bits per heavy atom. The smallest absolute Gasteiger partial charge is 0.207 e. The first-order chi connectivity index (χ1) is 8.97. The second-order valence-corrected chi connectivity index (χ2v) is 6.11. The highest BCUT2D eigenvalue weighted by Crippen LogP contribution is 2.14. The summed E-state index contributed by atoms with van der Waals surface area (Å²) >= 11 is 5.70. The third-order valence-corrected chi connectivity index (χ3v) is 4.15. The Morgan fingerprint density at radius 2 is 1.79 bits per heavy atom. The van der Waals surface area contributed by atoms with Crippen molar-refractivity contribution < 1.29 is 12.8 Å². The largest absolute Gasteiger partial charge is 0.240 e. The van der Waals surface area contributed by atoms with Crippen molar-refractivity contribution in [2.75, 3.05) is 0 Å². The Hall–Kier alpha value is -1.43. The first-order valence-corrected chi connectivity index (χ1v) is 7.33. The topological polar surface area (TPSA) is 46.2 Å². The van der Waals surface area contributed by atoms with Gasteiger partial charge in [0.25, 0.3) is 0 Å². The summed E-state index contributed by atoms with van der Waals surface area (Å²) in [5.74, 6) is -0.400. The Kier molecular flexibility index (Phi) is 4.19. The maximum atomic E-state index is 13.0. The molecular formula is C13H11ClFNO2S. The lowest BCUT2D eigenvalue weighted by atomic mass is 10.2. The van der Waals surface area contributed by atoms with Gasteiger partial charge in [0.05, 0.1) is 4.90 Å². The average molecular weight is 300 g/mol. The highest BCUT2D eigenvalue weighted by atomic mass is 35.5. The van der Waals surface area contributed by atoms with Gasteiger partial charge in [0.2, 0.25) is 10.0 Å². The van der Waals surface area contributed by atoms with E-state index in [4.69, 9.17) is 11.6 Å². The number of nitrogens with one attached hydrogen (secondary N) is 1.